The summed E-state index contributed by atoms with van der Waals surface area (Å²) < 4.78 is 15.4. The summed E-state index contributed by atoms with van der Waals surface area (Å²) in [5.74, 6) is -0.0154. The highest BCUT2D eigenvalue weighted by molar-refractivity contribution is 5.92. The number of halogens is 1. The molecule has 3 atom stereocenters. The SMILES string of the molecule is C[C@@H]1CCCC[C@H]1NC(=O)c1cn([C@H](C)c2ccccc2F)nn1. The number of benzene rings is 1. The third-order valence-electron chi connectivity index (χ3n) is 4.92. The molecule has 0 aliphatic heterocycles. The first kappa shape index (κ1) is 16.6. The maximum atomic E-state index is 13.9. The van der Waals surface area contributed by atoms with Crippen LogP contribution in [-0.4, -0.2) is 26.9 Å². The van der Waals surface area contributed by atoms with Crippen molar-refractivity contribution in [3.63, 3.8) is 0 Å². The normalized spacial score (nSPS) is 22.1. The molecule has 0 unspecified atom stereocenters. The second-order valence-electron chi connectivity index (χ2n) is 6.62. The first-order valence-electron chi connectivity index (χ1n) is 8.53. The molecule has 1 heterocycles. The average molecular weight is 330 g/mol. The van der Waals surface area contributed by atoms with E-state index in [0.717, 1.165) is 19.3 Å². The average Bonchev–Trinajstić information content (AvgIpc) is 3.07. The Balaban J connectivity index is 1.71. The third-order valence-corrected chi connectivity index (χ3v) is 4.92. The second kappa shape index (κ2) is 7.11. The number of amides is 1. The standard InChI is InChI=1S/C18H23FN4O/c1-12-7-3-6-10-16(12)20-18(24)17-11-23(22-21-17)13(2)14-8-4-5-9-15(14)19/h4-5,8-9,11-13,16H,3,6-7,10H2,1-2H3,(H,20,24)/t12-,13-,16-/m1/s1. The zero-order valence-corrected chi connectivity index (χ0v) is 14.1. The third kappa shape index (κ3) is 3.47. The molecule has 2 aromatic rings. The Morgan fingerprint density at radius 3 is 2.83 bits per heavy atom. The van der Waals surface area contributed by atoms with Gasteiger partial charge in [-0.25, -0.2) is 9.07 Å². The summed E-state index contributed by atoms with van der Waals surface area (Å²) in [6.45, 7) is 4.00. The largest absolute Gasteiger partial charge is 0.348 e. The Bertz CT molecular complexity index is 715. The lowest BCUT2D eigenvalue weighted by Gasteiger charge is -2.29. The molecule has 1 fully saturated rings. The van der Waals surface area contributed by atoms with Crippen LogP contribution in [-0.2, 0) is 0 Å². The lowest BCUT2D eigenvalue weighted by atomic mass is 9.86. The van der Waals surface area contributed by atoms with Crippen LogP contribution in [0.3, 0.4) is 0 Å². The lowest BCUT2D eigenvalue weighted by Crippen LogP contribution is -2.41. The van der Waals surface area contributed by atoms with E-state index >= 15 is 0 Å². The van der Waals surface area contributed by atoms with E-state index < -0.39 is 0 Å². The molecular formula is C18H23FN4O. The van der Waals surface area contributed by atoms with Gasteiger partial charge >= 0.3 is 0 Å². The first-order chi connectivity index (χ1) is 11.6. The van der Waals surface area contributed by atoms with Crippen LogP contribution in [0.15, 0.2) is 30.5 Å². The fraction of sp³-hybridized carbons (Fsp3) is 0.500. The molecule has 1 aliphatic rings. The van der Waals surface area contributed by atoms with Crippen LogP contribution in [0.4, 0.5) is 4.39 Å². The van der Waals surface area contributed by atoms with E-state index in [2.05, 4.69) is 22.6 Å². The van der Waals surface area contributed by atoms with Crippen LogP contribution in [0.5, 0.6) is 0 Å². The van der Waals surface area contributed by atoms with E-state index in [1.807, 2.05) is 6.92 Å². The van der Waals surface area contributed by atoms with Crippen molar-refractivity contribution in [1.29, 1.82) is 0 Å². The van der Waals surface area contributed by atoms with Gasteiger partial charge in [-0.2, -0.15) is 0 Å². The maximum Gasteiger partial charge on any atom is 0.273 e. The highest BCUT2D eigenvalue weighted by Crippen LogP contribution is 2.24. The Kier molecular flexibility index (Phi) is 4.92. The number of aromatic nitrogens is 3. The van der Waals surface area contributed by atoms with Crippen molar-refractivity contribution in [3.05, 3.63) is 47.5 Å². The van der Waals surface area contributed by atoms with Gasteiger partial charge in [0, 0.05) is 11.6 Å². The Hall–Kier alpha value is -2.24. The number of rotatable bonds is 4. The Morgan fingerprint density at radius 1 is 1.33 bits per heavy atom. The first-order valence-corrected chi connectivity index (χ1v) is 8.53. The van der Waals surface area contributed by atoms with Crippen LogP contribution in [0.2, 0.25) is 0 Å². The number of hydrogen-bond acceptors (Lipinski definition) is 3. The molecule has 5 nitrogen and oxygen atoms in total. The predicted octanol–water partition coefficient (Wildman–Crippen LogP) is 3.34. The van der Waals surface area contributed by atoms with Gasteiger partial charge in [0.1, 0.15) is 5.82 Å². The molecule has 1 aromatic carbocycles. The molecule has 0 radical (unpaired) electrons. The smallest absolute Gasteiger partial charge is 0.273 e. The topological polar surface area (TPSA) is 59.8 Å². The molecule has 0 saturated heterocycles. The van der Waals surface area contributed by atoms with Crippen LogP contribution >= 0.6 is 0 Å². The van der Waals surface area contributed by atoms with Gasteiger partial charge in [-0.1, -0.05) is 43.2 Å². The van der Waals surface area contributed by atoms with Gasteiger partial charge in [0.2, 0.25) is 0 Å². The van der Waals surface area contributed by atoms with E-state index in [9.17, 15) is 9.18 Å². The van der Waals surface area contributed by atoms with E-state index in [4.69, 9.17) is 0 Å². The molecular weight excluding hydrogens is 307 g/mol. The van der Waals surface area contributed by atoms with Crippen molar-refractivity contribution in [1.82, 2.24) is 20.3 Å². The Morgan fingerprint density at radius 2 is 2.08 bits per heavy atom. The molecule has 1 amide bonds. The highest BCUT2D eigenvalue weighted by Gasteiger charge is 2.24. The zero-order valence-electron chi connectivity index (χ0n) is 14.1. The van der Waals surface area contributed by atoms with E-state index in [1.54, 1.807) is 24.4 Å². The second-order valence-corrected chi connectivity index (χ2v) is 6.62. The van der Waals surface area contributed by atoms with Gasteiger partial charge in [-0.05, 0) is 31.7 Å². The fourth-order valence-electron chi connectivity index (χ4n) is 3.30. The van der Waals surface area contributed by atoms with Gasteiger partial charge in [0.05, 0.1) is 12.2 Å². The summed E-state index contributed by atoms with van der Waals surface area (Å²) in [5, 5.41) is 11.0. The molecule has 0 spiro atoms. The van der Waals surface area contributed by atoms with Crippen molar-refractivity contribution in [3.8, 4) is 0 Å². The molecule has 1 saturated carbocycles. The monoisotopic (exact) mass is 330 g/mol. The fourth-order valence-corrected chi connectivity index (χ4v) is 3.30. The maximum absolute atomic E-state index is 13.9. The molecule has 0 bridgehead atoms. The number of carbonyl (C=O) groups excluding carboxylic acids is 1. The number of nitrogens with one attached hydrogen (secondary N) is 1. The van der Waals surface area contributed by atoms with Gasteiger partial charge in [0.15, 0.2) is 5.69 Å². The van der Waals surface area contributed by atoms with E-state index in [-0.39, 0.29) is 29.5 Å². The van der Waals surface area contributed by atoms with E-state index in [0.29, 0.717) is 11.5 Å². The summed E-state index contributed by atoms with van der Waals surface area (Å²) >= 11 is 0. The Labute approximate surface area is 141 Å². The summed E-state index contributed by atoms with van der Waals surface area (Å²) in [7, 11) is 0. The highest BCUT2D eigenvalue weighted by atomic mass is 19.1. The van der Waals surface area contributed by atoms with Crippen molar-refractivity contribution in [2.45, 2.75) is 51.6 Å². The molecule has 1 aromatic heterocycles. The molecule has 3 rings (SSSR count). The van der Waals surface area contributed by atoms with Crippen molar-refractivity contribution >= 4 is 5.91 Å². The van der Waals surface area contributed by atoms with Crippen molar-refractivity contribution in [2.24, 2.45) is 5.92 Å². The van der Waals surface area contributed by atoms with Gasteiger partial charge in [0.25, 0.3) is 5.91 Å². The summed E-state index contributed by atoms with van der Waals surface area (Å²) in [4.78, 5) is 12.4. The van der Waals surface area contributed by atoms with Crippen LogP contribution < -0.4 is 5.32 Å². The van der Waals surface area contributed by atoms with Gasteiger partial charge in [-0.15, -0.1) is 5.10 Å². The summed E-state index contributed by atoms with van der Waals surface area (Å²) in [6, 6.07) is 6.43. The van der Waals surface area contributed by atoms with E-state index in [1.165, 1.54) is 17.2 Å². The van der Waals surface area contributed by atoms with Crippen LogP contribution in [0.25, 0.3) is 0 Å². The molecule has 1 N–H and O–H groups in total. The van der Waals surface area contributed by atoms with Crippen molar-refractivity contribution in [2.75, 3.05) is 0 Å². The number of nitrogens with zero attached hydrogens (tertiary/aromatic N) is 3. The zero-order chi connectivity index (χ0) is 17.1. The summed E-state index contributed by atoms with van der Waals surface area (Å²) in [6.07, 6.45) is 6.10. The molecule has 128 valence electrons. The molecule has 24 heavy (non-hydrogen) atoms. The van der Waals surface area contributed by atoms with Gasteiger partial charge in [-0.3, -0.25) is 4.79 Å². The minimum Gasteiger partial charge on any atom is -0.348 e. The quantitative estimate of drug-likeness (QED) is 0.935. The minimum absolute atomic E-state index is 0.195. The van der Waals surface area contributed by atoms with Crippen LogP contribution in [0.1, 0.15) is 61.6 Å². The predicted molar refractivity (Wildman–Crippen MR) is 89.1 cm³/mol. The minimum atomic E-state index is -0.325. The van der Waals surface area contributed by atoms with Gasteiger partial charge < -0.3 is 5.32 Å². The van der Waals surface area contributed by atoms with Crippen LogP contribution in [0, 0.1) is 11.7 Å². The lowest BCUT2D eigenvalue weighted by molar-refractivity contribution is 0.0905. The molecule has 1 aliphatic carbocycles. The molecule has 6 heteroatoms. The van der Waals surface area contributed by atoms with Crippen molar-refractivity contribution < 1.29 is 9.18 Å². The number of carbonyl (C=O) groups is 1. The number of hydrogen-bond donors (Lipinski definition) is 1. The summed E-state index contributed by atoms with van der Waals surface area (Å²) in [5.41, 5.74) is 0.797.